The first-order valence-corrected chi connectivity index (χ1v) is 17.6. The molecule has 0 saturated heterocycles. The fourth-order valence-electron chi connectivity index (χ4n) is 8.87. The van der Waals surface area contributed by atoms with Gasteiger partial charge >= 0.3 is 0 Å². The third kappa shape index (κ3) is 6.30. The van der Waals surface area contributed by atoms with Crippen LogP contribution < -0.4 is 0 Å². The van der Waals surface area contributed by atoms with Gasteiger partial charge in [-0.15, -0.1) is 0 Å². The molecule has 0 spiro atoms. The summed E-state index contributed by atoms with van der Waals surface area (Å²) in [6, 6.07) is 46.2. The largest absolute Gasteiger partial charge is 0.208 e. The topological polar surface area (TPSA) is 62.5 Å². The Hall–Kier alpha value is -5.40. The summed E-state index contributed by atoms with van der Waals surface area (Å²) >= 11 is 0. The lowest BCUT2D eigenvalue weighted by atomic mass is 9.54. The number of hydrogen-bond acceptors (Lipinski definition) is 4. The van der Waals surface area contributed by atoms with E-state index >= 15 is 0 Å². The van der Waals surface area contributed by atoms with Gasteiger partial charge in [-0.3, -0.25) is 0 Å². The summed E-state index contributed by atoms with van der Waals surface area (Å²) in [6.45, 7) is 4.89. The van der Waals surface area contributed by atoms with E-state index in [4.69, 9.17) is 15.0 Å². The van der Waals surface area contributed by atoms with E-state index in [9.17, 15) is 5.26 Å². The van der Waals surface area contributed by atoms with Crippen LogP contribution in [0, 0.1) is 29.1 Å². The van der Waals surface area contributed by atoms with E-state index in [1.807, 2.05) is 48.5 Å². The maximum Gasteiger partial charge on any atom is 0.164 e. The van der Waals surface area contributed by atoms with Gasteiger partial charge in [0.25, 0.3) is 0 Å². The van der Waals surface area contributed by atoms with Crippen molar-refractivity contribution in [2.24, 2.45) is 17.8 Å². The lowest BCUT2D eigenvalue weighted by Crippen LogP contribution is -2.42. The van der Waals surface area contributed by atoms with E-state index in [1.165, 1.54) is 37.7 Å². The molecule has 2 aliphatic rings. The predicted octanol–water partition coefficient (Wildman–Crippen LogP) is 11.2. The Morgan fingerprint density at radius 1 is 0.510 bits per heavy atom. The highest BCUT2D eigenvalue weighted by Crippen LogP contribution is 2.54. The average molecular weight is 637 g/mol. The molecule has 0 amide bonds. The minimum absolute atomic E-state index is 0.273. The van der Waals surface area contributed by atoms with Gasteiger partial charge in [0.05, 0.1) is 11.6 Å². The van der Waals surface area contributed by atoms with Crippen LogP contribution in [-0.4, -0.2) is 15.0 Å². The number of benzene rings is 5. The molecule has 0 aliphatic heterocycles. The monoisotopic (exact) mass is 636 g/mol. The molecule has 6 aromatic rings. The minimum Gasteiger partial charge on any atom is -0.208 e. The highest BCUT2D eigenvalue weighted by atomic mass is 15.0. The zero-order valence-electron chi connectivity index (χ0n) is 28.2. The first kappa shape index (κ1) is 30.9. The van der Waals surface area contributed by atoms with Crippen molar-refractivity contribution in [3.8, 4) is 62.5 Å². The van der Waals surface area contributed by atoms with E-state index in [2.05, 4.69) is 98.8 Å². The zero-order chi connectivity index (χ0) is 33.4. The third-order valence-electron chi connectivity index (χ3n) is 10.7. The second kappa shape index (κ2) is 12.9. The molecule has 4 nitrogen and oxygen atoms in total. The van der Waals surface area contributed by atoms with Gasteiger partial charge in [-0.1, -0.05) is 111 Å². The van der Waals surface area contributed by atoms with Crippen molar-refractivity contribution in [2.45, 2.75) is 51.4 Å². The molecule has 2 fully saturated rings. The Morgan fingerprint density at radius 2 is 1.02 bits per heavy atom. The number of nitriles is 1. The Bertz CT molecular complexity index is 2130. The Labute approximate surface area is 289 Å². The Morgan fingerprint density at radius 3 is 1.63 bits per heavy atom. The predicted molar refractivity (Wildman–Crippen MR) is 198 cm³/mol. The van der Waals surface area contributed by atoms with Gasteiger partial charge in [0, 0.05) is 16.7 Å². The highest BCUT2D eigenvalue weighted by molar-refractivity contribution is 5.80. The SMILES string of the molecule is C[C@@H]1C[C@@H]2C[C@H](C)CC(c3ccc(-c4nc(-c5ccccc5)nc(-c5cc(-c6ccccc6)cc(-c6cccc(C#N)c6)c5)n4)cc3)(C1)C2. The van der Waals surface area contributed by atoms with Crippen molar-refractivity contribution in [3.63, 3.8) is 0 Å². The van der Waals surface area contributed by atoms with Crippen LogP contribution in [0.25, 0.3) is 56.4 Å². The summed E-state index contributed by atoms with van der Waals surface area (Å²) in [4.78, 5) is 15.3. The van der Waals surface area contributed by atoms with E-state index in [1.54, 1.807) is 0 Å². The van der Waals surface area contributed by atoms with Crippen LogP contribution in [0.15, 0.2) is 127 Å². The van der Waals surface area contributed by atoms with E-state index in [0.717, 1.165) is 56.7 Å². The minimum atomic E-state index is 0.273. The van der Waals surface area contributed by atoms with Gasteiger partial charge in [0.1, 0.15) is 0 Å². The lowest BCUT2D eigenvalue weighted by molar-refractivity contribution is 0.0780. The second-order valence-corrected chi connectivity index (χ2v) is 14.5. The molecule has 2 saturated carbocycles. The molecular formula is C45H40N4. The lowest BCUT2D eigenvalue weighted by Gasteiger charge is -2.50. The zero-order valence-corrected chi connectivity index (χ0v) is 28.2. The first-order valence-electron chi connectivity index (χ1n) is 17.6. The van der Waals surface area contributed by atoms with Crippen molar-refractivity contribution in [3.05, 3.63) is 139 Å². The Kier molecular flexibility index (Phi) is 8.14. The number of hydrogen-bond donors (Lipinski definition) is 0. The fraction of sp³-hybridized carbons (Fsp3) is 0.244. The van der Waals surface area contributed by atoms with Crippen LogP contribution in [0.1, 0.15) is 57.1 Å². The summed E-state index contributed by atoms with van der Waals surface area (Å²) in [5.41, 5.74) is 9.34. The summed E-state index contributed by atoms with van der Waals surface area (Å²) in [5.74, 6) is 4.30. The number of nitrogens with zero attached hydrogens (tertiary/aromatic N) is 4. The molecule has 8 rings (SSSR count). The molecule has 240 valence electrons. The molecule has 2 bridgehead atoms. The summed E-state index contributed by atoms with van der Waals surface area (Å²) in [5, 5.41) is 9.63. The van der Waals surface area contributed by atoms with Crippen LogP contribution in [0.5, 0.6) is 0 Å². The average Bonchev–Trinajstić information content (AvgIpc) is 3.14. The fourth-order valence-corrected chi connectivity index (χ4v) is 8.87. The highest BCUT2D eigenvalue weighted by Gasteiger charge is 2.45. The van der Waals surface area contributed by atoms with Crippen molar-refractivity contribution in [1.82, 2.24) is 15.0 Å². The first-order chi connectivity index (χ1) is 23.9. The molecule has 4 heteroatoms. The van der Waals surface area contributed by atoms with Crippen molar-refractivity contribution in [2.75, 3.05) is 0 Å². The smallest absolute Gasteiger partial charge is 0.164 e. The van der Waals surface area contributed by atoms with Crippen molar-refractivity contribution >= 4 is 0 Å². The van der Waals surface area contributed by atoms with Crippen molar-refractivity contribution < 1.29 is 0 Å². The van der Waals surface area contributed by atoms with Gasteiger partial charge in [-0.25, -0.2) is 15.0 Å². The molecule has 5 aromatic carbocycles. The summed E-state index contributed by atoms with van der Waals surface area (Å²) in [7, 11) is 0. The molecule has 1 heterocycles. The molecule has 49 heavy (non-hydrogen) atoms. The standard InChI is InChI=1S/C45H40N4/c1-30-20-33-21-31(2)27-45(26-30,28-33)41-18-16-36(17-19-41)43-47-42(35-13-7-4-8-14-35)48-44(49-43)40-24-38(34-11-5-3-6-12-34)23-39(25-40)37-15-9-10-32(22-37)29-46/h3-19,22-25,30-31,33H,20-21,26-28H2,1-2H3/t30-,31+,33-,45?. The van der Waals surface area contributed by atoms with Crippen LogP contribution in [0.2, 0.25) is 0 Å². The van der Waals surface area contributed by atoms with Crippen LogP contribution in [0.4, 0.5) is 0 Å². The molecule has 2 aliphatic carbocycles. The summed E-state index contributed by atoms with van der Waals surface area (Å²) < 4.78 is 0. The van der Waals surface area contributed by atoms with E-state index in [-0.39, 0.29) is 5.41 Å². The normalized spacial score (nSPS) is 21.5. The number of fused-ring (bicyclic) bond motifs is 2. The molecule has 0 radical (unpaired) electrons. The molecule has 4 atom stereocenters. The maximum atomic E-state index is 9.63. The molecule has 1 unspecified atom stereocenters. The number of rotatable bonds is 6. The Balaban J connectivity index is 1.25. The van der Waals surface area contributed by atoms with E-state index in [0.29, 0.717) is 23.0 Å². The van der Waals surface area contributed by atoms with Crippen LogP contribution in [-0.2, 0) is 5.41 Å². The van der Waals surface area contributed by atoms with Crippen LogP contribution in [0.3, 0.4) is 0 Å². The van der Waals surface area contributed by atoms with Crippen molar-refractivity contribution in [1.29, 1.82) is 5.26 Å². The molecule has 0 N–H and O–H groups in total. The molecular weight excluding hydrogens is 597 g/mol. The third-order valence-corrected chi connectivity index (χ3v) is 10.7. The van der Waals surface area contributed by atoms with Gasteiger partial charge in [-0.05, 0) is 113 Å². The van der Waals surface area contributed by atoms with Crippen LogP contribution >= 0.6 is 0 Å². The maximum absolute atomic E-state index is 9.63. The molecule has 1 aromatic heterocycles. The van der Waals surface area contributed by atoms with E-state index < -0.39 is 0 Å². The van der Waals surface area contributed by atoms with Gasteiger partial charge < -0.3 is 0 Å². The van der Waals surface area contributed by atoms with Gasteiger partial charge in [0.2, 0.25) is 0 Å². The quantitative estimate of drug-likeness (QED) is 0.182. The number of aromatic nitrogens is 3. The van der Waals surface area contributed by atoms with Gasteiger partial charge in [-0.2, -0.15) is 5.26 Å². The summed E-state index contributed by atoms with van der Waals surface area (Å²) in [6.07, 6.45) is 6.61. The van der Waals surface area contributed by atoms with Gasteiger partial charge in [0.15, 0.2) is 17.5 Å². The second-order valence-electron chi connectivity index (χ2n) is 14.5.